The van der Waals surface area contributed by atoms with Crippen LogP contribution in [0.2, 0.25) is 0 Å². The van der Waals surface area contributed by atoms with E-state index in [2.05, 4.69) is 16.6 Å². The Hall–Kier alpha value is -2.76. The first-order chi connectivity index (χ1) is 10.9. The number of nitrogens with one attached hydrogen (secondary N) is 1. The summed E-state index contributed by atoms with van der Waals surface area (Å²) in [6.07, 6.45) is 1.07. The van der Waals surface area contributed by atoms with E-state index in [9.17, 15) is 18.0 Å². The Balaban J connectivity index is 2.62. The molecule has 0 aliphatic heterocycles. The van der Waals surface area contributed by atoms with E-state index in [1.165, 1.54) is 12.1 Å². The minimum absolute atomic E-state index is 0.0922. The van der Waals surface area contributed by atoms with Crippen LogP contribution in [0.3, 0.4) is 0 Å². The molecule has 0 fully saturated rings. The van der Waals surface area contributed by atoms with Crippen LogP contribution in [0.5, 0.6) is 0 Å². The predicted octanol–water partition coefficient (Wildman–Crippen LogP) is 4.59. The largest absolute Gasteiger partial charge is 0.465 e. The first-order valence-electron chi connectivity index (χ1n) is 6.65. The Labute approximate surface area is 131 Å². The van der Waals surface area contributed by atoms with E-state index in [1.54, 1.807) is 13.0 Å². The summed E-state index contributed by atoms with van der Waals surface area (Å²) in [4.78, 5) is 11.8. The summed E-state index contributed by atoms with van der Waals surface area (Å²) in [6.45, 7) is 5.04. The molecule has 3 nitrogen and oxygen atoms in total. The van der Waals surface area contributed by atoms with Gasteiger partial charge in [-0.2, -0.15) is 0 Å². The second-order valence-corrected chi connectivity index (χ2v) is 4.82. The van der Waals surface area contributed by atoms with E-state index < -0.39 is 29.1 Å². The number of carbonyl (C=O) groups is 1. The summed E-state index contributed by atoms with van der Waals surface area (Å²) >= 11 is 0. The van der Waals surface area contributed by atoms with Crippen LogP contribution in [0.1, 0.15) is 21.5 Å². The zero-order chi connectivity index (χ0) is 17.1. The van der Waals surface area contributed by atoms with E-state index in [0.29, 0.717) is 5.56 Å². The summed E-state index contributed by atoms with van der Waals surface area (Å²) in [5.74, 6) is -4.05. The molecule has 23 heavy (non-hydrogen) atoms. The minimum Gasteiger partial charge on any atom is -0.465 e. The van der Waals surface area contributed by atoms with E-state index in [0.717, 1.165) is 19.3 Å². The zero-order valence-electron chi connectivity index (χ0n) is 12.5. The smallest absolute Gasteiger partial charge is 0.340 e. The molecular weight excluding hydrogens is 307 g/mol. The van der Waals surface area contributed by atoms with Gasteiger partial charge in [-0.05, 0) is 30.7 Å². The quantitative estimate of drug-likeness (QED) is 0.837. The van der Waals surface area contributed by atoms with Gasteiger partial charge in [0, 0.05) is 5.56 Å². The number of benzene rings is 2. The lowest BCUT2D eigenvalue weighted by atomic mass is 10.1. The van der Waals surface area contributed by atoms with Gasteiger partial charge in [-0.3, -0.25) is 0 Å². The SMILES string of the molecule is C=Cc1cc(C(=O)OC)c(Nc2ccc(C)cc2F)c(F)c1F. The highest BCUT2D eigenvalue weighted by molar-refractivity contribution is 5.97. The van der Waals surface area contributed by atoms with Crippen molar-refractivity contribution in [2.45, 2.75) is 6.92 Å². The lowest BCUT2D eigenvalue weighted by Crippen LogP contribution is -2.10. The lowest BCUT2D eigenvalue weighted by molar-refractivity contribution is 0.0601. The highest BCUT2D eigenvalue weighted by Crippen LogP contribution is 2.31. The molecule has 2 aromatic rings. The monoisotopic (exact) mass is 321 g/mol. The van der Waals surface area contributed by atoms with E-state index >= 15 is 0 Å². The molecule has 0 aliphatic rings. The number of halogens is 3. The van der Waals surface area contributed by atoms with Gasteiger partial charge in [-0.15, -0.1) is 0 Å². The summed E-state index contributed by atoms with van der Waals surface area (Å²) in [7, 11) is 1.10. The molecule has 0 aromatic heterocycles. The van der Waals surface area contributed by atoms with Gasteiger partial charge in [-0.25, -0.2) is 18.0 Å². The van der Waals surface area contributed by atoms with Crippen molar-refractivity contribution in [3.63, 3.8) is 0 Å². The Morgan fingerprint density at radius 2 is 1.91 bits per heavy atom. The fraction of sp³-hybridized carbons (Fsp3) is 0.118. The molecule has 6 heteroatoms. The molecule has 0 saturated heterocycles. The highest BCUT2D eigenvalue weighted by Gasteiger charge is 2.23. The van der Waals surface area contributed by atoms with Gasteiger partial charge in [0.1, 0.15) is 5.82 Å². The zero-order valence-corrected chi connectivity index (χ0v) is 12.5. The Kier molecular flexibility index (Phi) is 4.74. The molecule has 0 saturated carbocycles. The third-order valence-electron chi connectivity index (χ3n) is 3.24. The topological polar surface area (TPSA) is 38.3 Å². The summed E-state index contributed by atoms with van der Waals surface area (Å²) in [6, 6.07) is 5.28. The van der Waals surface area contributed by atoms with E-state index in [4.69, 9.17) is 0 Å². The average Bonchev–Trinajstić information content (AvgIpc) is 2.53. The third kappa shape index (κ3) is 3.21. The number of rotatable bonds is 4. The number of carbonyl (C=O) groups excluding carboxylic acids is 1. The molecule has 0 radical (unpaired) electrons. The molecule has 0 aliphatic carbocycles. The highest BCUT2D eigenvalue weighted by atomic mass is 19.2. The van der Waals surface area contributed by atoms with E-state index in [1.807, 2.05) is 0 Å². The second kappa shape index (κ2) is 6.56. The van der Waals surface area contributed by atoms with Crippen molar-refractivity contribution >= 4 is 23.4 Å². The number of hydrogen-bond acceptors (Lipinski definition) is 3. The van der Waals surface area contributed by atoms with Gasteiger partial charge >= 0.3 is 5.97 Å². The van der Waals surface area contributed by atoms with Crippen molar-refractivity contribution in [3.8, 4) is 0 Å². The Bertz CT molecular complexity index is 788. The van der Waals surface area contributed by atoms with Crippen molar-refractivity contribution in [2.24, 2.45) is 0 Å². The minimum atomic E-state index is -1.32. The standard InChI is InChI=1S/C17H14F3NO2/c1-4-10-8-11(17(22)23-3)16(15(20)14(10)19)21-13-6-5-9(2)7-12(13)18/h4-8,21H,1H2,2-3H3. The van der Waals surface area contributed by atoms with E-state index in [-0.39, 0.29) is 16.8 Å². The van der Waals surface area contributed by atoms with Crippen molar-refractivity contribution in [1.29, 1.82) is 0 Å². The number of esters is 1. The summed E-state index contributed by atoms with van der Waals surface area (Å²) in [5.41, 5.74) is -0.387. The normalized spacial score (nSPS) is 10.3. The third-order valence-corrected chi connectivity index (χ3v) is 3.24. The van der Waals surface area contributed by atoms with Crippen LogP contribution >= 0.6 is 0 Å². The molecular formula is C17H14F3NO2. The fourth-order valence-electron chi connectivity index (χ4n) is 2.04. The number of methoxy groups -OCH3 is 1. The Morgan fingerprint density at radius 3 is 2.48 bits per heavy atom. The van der Waals surface area contributed by atoms with Gasteiger partial charge in [0.2, 0.25) is 0 Å². The lowest BCUT2D eigenvalue weighted by Gasteiger charge is -2.14. The molecule has 1 N–H and O–H groups in total. The maximum atomic E-state index is 14.3. The van der Waals surface area contributed by atoms with Crippen LogP contribution in [-0.2, 0) is 4.74 Å². The molecule has 0 spiro atoms. The van der Waals surface area contributed by atoms with Gasteiger partial charge in [-0.1, -0.05) is 18.7 Å². The predicted molar refractivity (Wildman–Crippen MR) is 82.2 cm³/mol. The van der Waals surface area contributed by atoms with Crippen LogP contribution in [0.4, 0.5) is 24.5 Å². The Morgan fingerprint density at radius 1 is 1.22 bits per heavy atom. The van der Waals surface area contributed by atoms with Crippen LogP contribution in [0.15, 0.2) is 30.8 Å². The number of aryl methyl sites for hydroxylation is 1. The summed E-state index contributed by atoms with van der Waals surface area (Å²) < 4.78 is 46.7. The molecule has 120 valence electrons. The maximum Gasteiger partial charge on any atom is 0.340 e. The van der Waals surface area contributed by atoms with Crippen LogP contribution in [-0.4, -0.2) is 13.1 Å². The fourth-order valence-corrected chi connectivity index (χ4v) is 2.04. The molecule has 0 unspecified atom stereocenters. The van der Waals surface area contributed by atoms with Crippen LogP contribution in [0, 0.1) is 24.4 Å². The van der Waals surface area contributed by atoms with Crippen LogP contribution in [0.25, 0.3) is 6.08 Å². The van der Waals surface area contributed by atoms with Crippen LogP contribution < -0.4 is 5.32 Å². The molecule has 2 aromatic carbocycles. The number of hydrogen-bond donors (Lipinski definition) is 1. The summed E-state index contributed by atoms with van der Waals surface area (Å²) in [5, 5.41) is 2.42. The van der Waals surface area contributed by atoms with Crippen molar-refractivity contribution in [1.82, 2.24) is 0 Å². The molecule has 0 amide bonds. The molecule has 2 rings (SSSR count). The van der Waals surface area contributed by atoms with Crippen molar-refractivity contribution < 1.29 is 22.7 Å². The molecule has 0 atom stereocenters. The molecule has 0 bridgehead atoms. The second-order valence-electron chi connectivity index (χ2n) is 4.82. The number of ether oxygens (including phenoxy) is 1. The van der Waals surface area contributed by atoms with Gasteiger partial charge < -0.3 is 10.1 Å². The van der Waals surface area contributed by atoms with Gasteiger partial charge in [0.15, 0.2) is 11.6 Å². The van der Waals surface area contributed by atoms with Gasteiger partial charge in [0.05, 0.1) is 24.0 Å². The van der Waals surface area contributed by atoms with Crippen molar-refractivity contribution in [3.05, 3.63) is 65.0 Å². The molecule has 0 heterocycles. The number of anilines is 2. The van der Waals surface area contributed by atoms with Gasteiger partial charge in [0.25, 0.3) is 0 Å². The average molecular weight is 321 g/mol. The first kappa shape index (κ1) is 16.6. The maximum absolute atomic E-state index is 14.3. The van der Waals surface area contributed by atoms with Crippen molar-refractivity contribution in [2.75, 3.05) is 12.4 Å². The first-order valence-corrected chi connectivity index (χ1v) is 6.65.